The summed E-state index contributed by atoms with van der Waals surface area (Å²) in [4.78, 5) is 36.8. The zero-order valence-electron chi connectivity index (χ0n) is 14.4. The average Bonchev–Trinajstić information content (AvgIpc) is 2.95. The molecule has 1 fully saturated rings. The van der Waals surface area contributed by atoms with Gasteiger partial charge in [0.15, 0.2) is 0 Å². The standard InChI is InChI=1S/C20H24N2O3/c23-18-10-11-19(24)22(18)14-16-6-8-17(9-7-16)20(25)21-13-12-15-4-2-1-3-5-15/h4,6-9H,1-3,5,10-14H2,(H,21,25). The van der Waals surface area contributed by atoms with Crippen LogP contribution in [0, 0.1) is 0 Å². The van der Waals surface area contributed by atoms with Crippen LogP contribution in [0.15, 0.2) is 35.9 Å². The first kappa shape index (κ1) is 17.4. The van der Waals surface area contributed by atoms with Gasteiger partial charge in [-0.15, -0.1) is 0 Å². The number of imide groups is 1. The van der Waals surface area contributed by atoms with E-state index in [0.717, 1.165) is 24.8 Å². The molecule has 0 bridgehead atoms. The van der Waals surface area contributed by atoms with E-state index < -0.39 is 0 Å². The third-order valence-corrected chi connectivity index (χ3v) is 4.83. The predicted molar refractivity (Wildman–Crippen MR) is 94.7 cm³/mol. The predicted octanol–water partition coefficient (Wildman–Crippen LogP) is 2.96. The van der Waals surface area contributed by atoms with Crippen molar-refractivity contribution in [2.75, 3.05) is 6.54 Å². The summed E-state index contributed by atoms with van der Waals surface area (Å²) in [6.45, 7) is 0.941. The number of carbonyl (C=O) groups excluding carboxylic acids is 3. The highest BCUT2D eigenvalue weighted by molar-refractivity contribution is 6.01. The highest BCUT2D eigenvalue weighted by Crippen LogP contribution is 2.19. The minimum absolute atomic E-state index is 0.0868. The summed E-state index contributed by atoms with van der Waals surface area (Å²) in [6.07, 6.45) is 8.66. The summed E-state index contributed by atoms with van der Waals surface area (Å²) in [5.74, 6) is -0.330. The van der Waals surface area contributed by atoms with Crippen molar-refractivity contribution in [2.45, 2.75) is 51.5 Å². The molecule has 5 nitrogen and oxygen atoms in total. The maximum Gasteiger partial charge on any atom is 0.251 e. The molecule has 3 amide bonds. The van der Waals surface area contributed by atoms with Crippen LogP contribution in [0.2, 0.25) is 0 Å². The number of hydrogen-bond donors (Lipinski definition) is 1. The summed E-state index contributed by atoms with van der Waals surface area (Å²) in [6, 6.07) is 7.10. The third-order valence-electron chi connectivity index (χ3n) is 4.83. The second-order valence-corrected chi connectivity index (χ2v) is 6.68. The van der Waals surface area contributed by atoms with Gasteiger partial charge in [0.2, 0.25) is 11.8 Å². The minimum atomic E-state index is -0.121. The van der Waals surface area contributed by atoms with E-state index in [-0.39, 0.29) is 24.3 Å². The van der Waals surface area contributed by atoms with Gasteiger partial charge in [-0.05, 0) is 49.8 Å². The summed E-state index contributed by atoms with van der Waals surface area (Å²) >= 11 is 0. The van der Waals surface area contributed by atoms with Gasteiger partial charge in [0, 0.05) is 24.9 Å². The molecule has 1 heterocycles. The van der Waals surface area contributed by atoms with Gasteiger partial charge in [-0.1, -0.05) is 23.8 Å². The molecule has 132 valence electrons. The fourth-order valence-electron chi connectivity index (χ4n) is 3.31. The maximum atomic E-state index is 12.2. The molecule has 25 heavy (non-hydrogen) atoms. The van der Waals surface area contributed by atoms with Crippen molar-refractivity contribution >= 4 is 17.7 Å². The fourth-order valence-corrected chi connectivity index (χ4v) is 3.31. The molecule has 1 aliphatic carbocycles. The Balaban J connectivity index is 1.49. The van der Waals surface area contributed by atoms with Crippen LogP contribution >= 0.6 is 0 Å². The zero-order chi connectivity index (χ0) is 17.6. The van der Waals surface area contributed by atoms with E-state index in [1.807, 2.05) is 0 Å². The summed E-state index contributed by atoms with van der Waals surface area (Å²) < 4.78 is 0. The van der Waals surface area contributed by atoms with Gasteiger partial charge in [-0.3, -0.25) is 19.3 Å². The van der Waals surface area contributed by atoms with Crippen LogP contribution < -0.4 is 5.32 Å². The zero-order valence-corrected chi connectivity index (χ0v) is 14.4. The first-order valence-electron chi connectivity index (χ1n) is 9.02. The molecule has 5 heteroatoms. The first-order chi connectivity index (χ1) is 12.1. The molecule has 0 unspecified atom stereocenters. The van der Waals surface area contributed by atoms with E-state index in [9.17, 15) is 14.4 Å². The normalized spacial score (nSPS) is 17.6. The van der Waals surface area contributed by atoms with Crippen LogP contribution in [0.1, 0.15) is 60.9 Å². The molecular weight excluding hydrogens is 316 g/mol. The summed E-state index contributed by atoms with van der Waals surface area (Å²) in [5, 5.41) is 2.95. The lowest BCUT2D eigenvalue weighted by atomic mass is 9.97. The average molecular weight is 340 g/mol. The molecule has 1 saturated heterocycles. The Labute approximate surface area is 148 Å². The van der Waals surface area contributed by atoms with E-state index in [2.05, 4.69) is 11.4 Å². The number of amides is 3. The minimum Gasteiger partial charge on any atom is -0.352 e. The SMILES string of the molecule is O=C(NCCC1=CCCCC1)c1ccc(CN2C(=O)CCC2=O)cc1. The van der Waals surface area contributed by atoms with Gasteiger partial charge in [-0.2, -0.15) is 0 Å². The number of allylic oxidation sites excluding steroid dienone is 1. The first-order valence-corrected chi connectivity index (χ1v) is 9.02. The summed E-state index contributed by atoms with van der Waals surface area (Å²) in [7, 11) is 0. The van der Waals surface area contributed by atoms with Crippen LogP contribution in [-0.4, -0.2) is 29.2 Å². The molecule has 1 aromatic rings. The molecule has 0 radical (unpaired) electrons. The maximum absolute atomic E-state index is 12.2. The molecule has 0 saturated carbocycles. The van der Waals surface area contributed by atoms with Crippen LogP contribution in [0.5, 0.6) is 0 Å². The number of nitrogens with zero attached hydrogens (tertiary/aromatic N) is 1. The van der Waals surface area contributed by atoms with E-state index in [1.54, 1.807) is 24.3 Å². The second-order valence-electron chi connectivity index (χ2n) is 6.68. The van der Waals surface area contributed by atoms with Crippen molar-refractivity contribution in [1.29, 1.82) is 0 Å². The lowest BCUT2D eigenvalue weighted by molar-refractivity contribution is -0.139. The van der Waals surface area contributed by atoms with Crippen molar-refractivity contribution in [3.05, 3.63) is 47.0 Å². The fraction of sp³-hybridized carbons (Fsp3) is 0.450. The van der Waals surface area contributed by atoms with Gasteiger partial charge in [0.05, 0.1) is 6.54 Å². The molecule has 1 N–H and O–H groups in total. The molecule has 0 aromatic heterocycles. The van der Waals surface area contributed by atoms with Gasteiger partial charge in [0.25, 0.3) is 5.91 Å². The molecule has 1 aliphatic heterocycles. The lowest BCUT2D eigenvalue weighted by Gasteiger charge is -2.14. The van der Waals surface area contributed by atoms with E-state index in [1.165, 1.54) is 23.3 Å². The van der Waals surface area contributed by atoms with Gasteiger partial charge < -0.3 is 5.32 Å². The third kappa shape index (κ3) is 4.56. The molecule has 1 aromatic carbocycles. The van der Waals surface area contributed by atoms with Gasteiger partial charge in [0.1, 0.15) is 0 Å². The highest BCUT2D eigenvalue weighted by Gasteiger charge is 2.28. The van der Waals surface area contributed by atoms with Gasteiger partial charge in [-0.25, -0.2) is 0 Å². The number of nitrogens with one attached hydrogen (secondary N) is 1. The van der Waals surface area contributed by atoms with Crippen molar-refractivity contribution < 1.29 is 14.4 Å². The molecule has 0 atom stereocenters. The van der Waals surface area contributed by atoms with Crippen molar-refractivity contribution in [3.63, 3.8) is 0 Å². The van der Waals surface area contributed by atoms with E-state index >= 15 is 0 Å². The Bertz CT molecular complexity index is 675. The Morgan fingerprint density at radius 1 is 1.00 bits per heavy atom. The van der Waals surface area contributed by atoms with Crippen LogP contribution in [-0.2, 0) is 16.1 Å². The van der Waals surface area contributed by atoms with Crippen LogP contribution in [0.4, 0.5) is 0 Å². The van der Waals surface area contributed by atoms with Crippen LogP contribution in [0.25, 0.3) is 0 Å². The van der Waals surface area contributed by atoms with E-state index in [4.69, 9.17) is 0 Å². The largest absolute Gasteiger partial charge is 0.352 e. The number of likely N-dealkylation sites (tertiary alicyclic amines) is 1. The van der Waals surface area contributed by atoms with E-state index in [0.29, 0.717) is 24.9 Å². The van der Waals surface area contributed by atoms with Crippen molar-refractivity contribution in [2.24, 2.45) is 0 Å². The Morgan fingerprint density at radius 3 is 2.36 bits per heavy atom. The van der Waals surface area contributed by atoms with Gasteiger partial charge >= 0.3 is 0 Å². The molecule has 3 rings (SSSR count). The number of carbonyl (C=O) groups is 3. The lowest BCUT2D eigenvalue weighted by Crippen LogP contribution is -2.28. The monoisotopic (exact) mass is 340 g/mol. The number of hydrogen-bond acceptors (Lipinski definition) is 3. The smallest absolute Gasteiger partial charge is 0.251 e. The highest BCUT2D eigenvalue weighted by atomic mass is 16.2. The quantitative estimate of drug-likeness (QED) is 0.639. The molecule has 2 aliphatic rings. The second kappa shape index (κ2) is 8.10. The van der Waals surface area contributed by atoms with Crippen LogP contribution in [0.3, 0.4) is 0 Å². The summed E-state index contributed by atoms with van der Waals surface area (Å²) in [5.41, 5.74) is 2.90. The Morgan fingerprint density at radius 2 is 1.72 bits per heavy atom. The Kier molecular flexibility index (Phi) is 5.64. The van der Waals surface area contributed by atoms with Crippen molar-refractivity contribution in [1.82, 2.24) is 10.2 Å². The topological polar surface area (TPSA) is 66.5 Å². The van der Waals surface area contributed by atoms with Crippen molar-refractivity contribution in [3.8, 4) is 0 Å². The molecule has 0 spiro atoms. The number of benzene rings is 1. The number of rotatable bonds is 6. The molecular formula is C20H24N2O3. The Hall–Kier alpha value is -2.43.